The first-order valence-corrected chi connectivity index (χ1v) is 6.12. The van der Waals surface area contributed by atoms with Gasteiger partial charge in [-0.2, -0.15) is 0 Å². The van der Waals surface area contributed by atoms with Crippen molar-refractivity contribution in [2.24, 2.45) is 5.73 Å². The number of hydrogen-bond acceptors (Lipinski definition) is 4. The maximum absolute atomic E-state index is 9.31. The van der Waals surface area contributed by atoms with E-state index in [0.717, 1.165) is 24.5 Å². The normalized spacial score (nSPS) is 17.1. The number of aryl methyl sites for hydroxylation is 1. The molecule has 4 nitrogen and oxygen atoms in total. The van der Waals surface area contributed by atoms with E-state index in [0.29, 0.717) is 0 Å². The van der Waals surface area contributed by atoms with Gasteiger partial charge >= 0.3 is 0 Å². The molecule has 1 aromatic heterocycles. The van der Waals surface area contributed by atoms with Crippen LogP contribution in [0.3, 0.4) is 0 Å². The van der Waals surface area contributed by atoms with Crippen LogP contribution in [0.5, 0.6) is 0 Å². The average molecular weight is 240 g/mol. The quantitative estimate of drug-likeness (QED) is 0.794. The Morgan fingerprint density at radius 1 is 1.41 bits per heavy atom. The minimum atomic E-state index is -0.287. The van der Waals surface area contributed by atoms with E-state index in [4.69, 9.17) is 10.2 Å². The van der Waals surface area contributed by atoms with Crippen LogP contribution >= 0.6 is 0 Å². The smallest absolute Gasteiger partial charge is 0.122 e. The molecule has 17 heavy (non-hydrogen) atoms. The molecule has 0 aliphatic heterocycles. The third-order valence-corrected chi connectivity index (χ3v) is 2.93. The van der Waals surface area contributed by atoms with Crippen molar-refractivity contribution in [1.82, 2.24) is 4.90 Å². The van der Waals surface area contributed by atoms with Gasteiger partial charge in [-0.15, -0.1) is 0 Å². The molecule has 1 heterocycles. The number of hydrogen-bond donors (Lipinski definition) is 2. The Morgan fingerprint density at radius 3 is 2.47 bits per heavy atom. The Labute approximate surface area is 103 Å². The van der Waals surface area contributed by atoms with Gasteiger partial charge in [0.1, 0.15) is 11.5 Å². The Bertz CT molecular complexity index is 334. The zero-order valence-corrected chi connectivity index (χ0v) is 11.2. The van der Waals surface area contributed by atoms with Gasteiger partial charge in [0, 0.05) is 12.6 Å². The minimum absolute atomic E-state index is 0.0143. The van der Waals surface area contributed by atoms with Crippen LogP contribution in [0.4, 0.5) is 0 Å². The minimum Gasteiger partial charge on any atom is -0.465 e. The molecule has 0 aliphatic carbocycles. The van der Waals surface area contributed by atoms with Gasteiger partial charge in [0.05, 0.1) is 12.1 Å². The van der Waals surface area contributed by atoms with Crippen LogP contribution in [0, 0.1) is 6.92 Å². The monoisotopic (exact) mass is 240 g/mol. The molecule has 0 saturated carbocycles. The van der Waals surface area contributed by atoms with Gasteiger partial charge in [-0.1, -0.05) is 0 Å². The number of furan rings is 1. The van der Waals surface area contributed by atoms with E-state index >= 15 is 0 Å². The number of nitrogens with zero attached hydrogens (tertiary/aromatic N) is 1. The van der Waals surface area contributed by atoms with Gasteiger partial charge < -0.3 is 15.3 Å². The molecule has 0 radical (unpaired) electrons. The first-order valence-electron chi connectivity index (χ1n) is 6.12. The van der Waals surface area contributed by atoms with Crippen molar-refractivity contribution in [1.29, 1.82) is 0 Å². The van der Waals surface area contributed by atoms with Gasteiger partial charge in [-0.05, 0) is 46.4 Å². The summed E-state index contributed by atoms with van der Waals surface area (Å²) in [7, 11) is 2.01. The first-order chi connectivity index (χ1) is 7.91. The van der Waals surface area contributed by atoms with Gasteiger partial charge in [-0.3, -0.25) is 4.90 Å². The lowest BCUT2D eigenvalue weighted by atomic mass is 10.1. The zero-order valence-electron chi connectivity index (χ0n) is 11.2. The summed E-state index contributed by atoms with van der Waals surface area (Å²) in [5, 5.41) is 9.31. The fraction of sp³-hybridized carbons (Fsp3) is 0.692. The Morgan fingerprint density at radius 2 is 2.06 bits per heavy atom. The number of likely N-dealkylation sites (N-methyl/N-ethyl adjacent to an activating group) is 1. The Balaban J connectivity index is 2.72. The average Bonchev–Trinajstić information content (AvgIpc) is 2.61. The topological polar surface area (TPSA) is 62.6 Å². The molecule has 4 heteroatoms. The summed E-state index contributed by atoms with van der Waals surface area (Å²) in [4.78, 5) is 2.13. The van der Waals surface area contributed by atoms with Crippen molar-refractivity contribution < 1.29 is 9.52 Å². The second-order valence-electron chi connectivity index (χ2n) is 4.87. The van der Waals surface area contributed by atoms with Crippen LogP contribution in [-0.2, 0) is 0 Å². The van der Waals surface area contributed by atoms with Gasteiger partial charge in [0.2, 0.25) is 0 Å². The number of aliphatic hydroxyl groups is 1. The van der Waals surface area contributed by atoms with E-state index in [2.05, 4.69) is 4.90 Å². The van der Waals surface area contributed by atoms with Gasteiger partial charge in [0.25, 0.3) is 0 Å². The summed E-state index contributed by atoms with van der Waals surface area (Å²) in [5.41, 5.74) is 6.02. The van der Waals surface area contributed by atoms with Crippen LogP contribution in [0.15, 0.2) is 16.5 Å². The van der Waals surface area contributed by atoms with Crippen molar-refractivity contribution in [3.63, 3.8) is 0 Å². The van der Waals surface area contributed by atoms with Crippen LogP contribution in [0.2, 0.25) is 0 Å². The van der Waals surface area contributed by atoms with Crippen LogP contribution < -0.4 is 5.73 Å². The van der Waals surface area contributed by atoms with Crippen molar-refractivity contribution >= 4 is 0 Å². The summed E-state index contributed by atoms with van der Waals surface area (Å²) in [6, 6.07) is 3.97. The van der Waals surface area contributed by atoms with E-state index in [1.807, 2.05) is 33.0 Å². The second-order valence-corrected chi connectivity index (χ2v) is 4.87. The lowest BCUT2D eigenvalue weighted by molar-refractivity contribution is 0.134. The summed E-state index contributed by atoms with van der Waals surface area (Å²) < 4.78 is 5.65. The maximum Gasteiger partial charge on any atom is 0.122 e. The van der Waals surface area contributed by atoms with Crippen LogP contribution in [0.1, 0.15) is 37.8 Å². The van der Waals surface area contributed by atoms with E-state index in [1.54, 1.807) is 6.92 Å². The predicted molar refractivity (Wildman–Crippen MR) is 68.8 cm³/mol. The summed E-state index contributed by atoms with van der Waals surface area (Å²) >= 11 is 0. The summed E-state index contributed by atoms with van der Waals surface area (Å²) in [5.74, 6) is 1.79. The molecule has 3 unspecified atom stereocenters. The van der Waals surface area contributed by atoms with Crippen LogP contribution in [0.25, 0.3) is 0 Å². The molecule has 3 atom stereocenters. The largest absolute Gasteiger partial charge is 0.465 e. The standard InChI is InChI=1S/C13H24N2O2/c1-9(16)7-8-15(4)13(11(3)14)12-6-5-10(2)17-12/h5-6,9,11,13,16H,7-8,14H2,1-4H3. The third-order valence-electron chi connectivity index (χ3n) is 2.93. The fourth-order valence-corrected chi connectivity index (χ4v) is 2.02. The third kappa shape index (κ3) is 4.15. The van der Waals surface area contributed by atoms with Crippen molar-refractivity contribution in [2.75, 3.05) is 13.6 Å². The second kappa shape index (κ2) is 6.19. The molecule has 0 amide bonds. The molecule has 3 N–H and O–H groups in total. The highest BCUT2D eigenvalue weighted by molar-refractivity contribution is 5.11. The van der Waals surface area contributed by atoms with Crippen LogP contribution in [-0.4, -0.2) is 35.7 Å². The molecule has 0 saturated heterocycles. The lowest BCUT2D eigenvalue weighted by Gasteiger charge is -2.29. The molecular weight excluding hydrogens is 216 g/mol. The Kier molecular flexibility index (Phi) is 5.18. The molecule has 0 aliphatic rings. The summed E-state index contributed by atoms with van der Waals surface area (Å²) in [6.45, 7) is 6.49. The van der Waals surface area contributed by atoms with E-state index in [9.17, 15) is 5.11 Å². The maximum atomic E-state index is 9.31. The van der Waals surface area contributed by atoms with Crippen molar-refractivity contribution in [3.8, 4) is 0 Å². The SMILES string of the molecule is Cc1ccc(C(C(C)N)N(C)CCC(C)O)o1. The molecule has 1 rings (SSSR count). The zero-order chi connectivity index (χ0) is 13.0. The lowest BCUT2D eigenvalue weighted by Crippen LogP contribution is -2.38. The fourth-order valence-electron chi connectivity index (χ4n) is 2.02. The highest BCUT2D eigenvalue weighted by atomic mass is 16.3. The molecule has 0 bridgehead atoms. The molecular formula is C13H24N2O2. The highest BCUT2D eigenvalue weighted by Crippen LogP contribution is 2.24. The molecule has 98 valence electrons. The highest BCUT2D eigenvalue weighted by Gasteiger charge is 2.24. The van der Waals surface area contributed by atoms with Crippen molar-refractivity contribution in [3.05, 3.63) is 23.7 Å². The van der Waals surface area contributed by atoms with E-state index in [1.165, 1.54) is 0 Å². The molecule has 1 aromatic rings. The predicted octanol–water partition coefficient (Wildman–Crippen LogP) is 1.68. The number of rotatable bonds is 6. The number of aliphatic hydroxyl groups excluding tert-OH is 1. The number of nitrogens with two attached hydrogens (primary N) is 1. The van der Waals surface area contributed by atoms with E-state index in [-0.39, 0.29) is 18.2 Å². The van der Waals surface area contributed by atoms with Gasteiger partial charge in [-0.25, -0.2) is 0 Å². The molecule has 0 aromatic carbocycles. The first kappa shape index (κ1) is 14.2. The Hall–Kier alpha value is -0.840. The molecule has 0 spiro atoms. The summed E-state index contributed by atoms with van der Waals surface area (Å²) in [6.07, 6.45) is 0.448. The van der Waals surface area contributed by atoms with Gasteiger partial charge in [0.15, 0.2) is 0 Å². The van der Waals surface area contributed by atoms with E-state index < -0.39 is 0 Å². The molecule has 0 fully saturated rings. The van der Waals surface area contributed by atoms with Crippen molar-refractivity contribution in [2.45, 2.75) is 45.4 Å².